The Morgan fingerprint density at radius 3 is 2.68 bits per heavy atom. The molecule has 2 aromatic rings. The van der Waals surface area contributed by atoms with Gasteiger partial charge < -0.3 is 5.32 Å². The van der Waals surface area contributed by atoms with E-state index in [9.17, 15) is 4.39 Å². The first-order valence-corrected chi connectivity index (χ1v) is 6.13. The zero-order chi connectivity index (χ0) is 13.8. The minimum atomic E-state index is -0.254. The molecule has 0 aliphatic rings. The molecule has 0 heterocycles. The molecule has 1 N–H and O–H groups in total. The summed E-state index contributed by atoms with van der Waals surface area (Å²) in [5, 5.41) is 12.3. The van der Waals surface area contributed by atoms with E-state index in [1.54, 1.807) is 12.1 Å². The molecule has 2 nitrogen and oxygen atoms in total. The van der Waals surface area contributed by atoms with Crippen LogP contribution >= 0.6 is 0 Å². The average molecular weight is 254 g/mol. The van der Waals surface area contributed by atoms with Crippen molar-refractivity contribution in [1.29, 1.82) is 5.26 Å². The maximum absolute atomic E-state index is 13.2. The lowest BCUT2D eigenvalue weighted by Crippen LogP contribution is -2.08. The Morgan fingerprint density at radius 1 is 1.21 bits per heavy atom. The summed E-state index contributed by atoms with van der Waals surface area (Å²) in [6.45, 7) is 3.91. The van der Waals surface area contributed by atoms with E-state index in [-0.39, 0.29) is 11.9 Å². The molecular formula is C16H15FN2. The summed E-state index contributed by atoms with van der Waals surface area (Å²) in [6.07, 6.45) is 0. The summed E-state index contributed by atoms with van der Waals surface area (Å²) < 4.78 is 13.2. The lowest BCUT2D eigenvalue weighted by Gasteiger charge is -2.17. The van der Waals surface area contributed by atoms with E-state index in [0.717, 1.165) is 16.8 Å². The van der Waals surface area contributed by atoms with E-state index < -0.39 is 0 Å². The Labute approximate surface area is 112 Å². The standard InChI is InChI=1S/C16H15FN2/c1-11-6-7-14(10-18)16(8-11)19-12(2)13-4-3-5-15(17)9-13/h3-9,12,19H,1-2H3. The second kappa shape index (κ2) is 5.53. The van der Waals surface area contributed by atoms with Crippen LogP contribution in [0.5, 0.6) is 0 Å². The smallest absolute Gasteiger partial charge is 0.123 e. The maximum Gasteiger partial charge on any atom is 0.123 e. The normalized spacial score (nSPS) is 11.7. The van der Waals surface area contributed by atoms with Crippen LogP contribution in [-0.4, -0.2) is 0 Å². The Morgan fingerprint density at radius 2 is 2.00 bits per heavy atom. The van der Waals surface area contributed by atoms with Gasteiger partial charge in [-0.15, -0.1) is 0 Å². The zero-order valence-electron chi connectivity index (χ0n) is 10.9. The van der Waals surface area contributed by atoms with E-state index in [1.165, 1.54) is 12.1 Å². The highest BCUT2D eigenvalue weighted by Gasteiger charge is 2.09. The van der Waals surface area contributed by atoms with Crippen molar-refractivity contribution in [3.05, 3.63) is 65.0 Å². The SMILES string of the molecule is Cc1ccc(C#N)c(NC(C)c2cccc(F)c2)c1. The van der Waals surface area contributed by atoms with Crippen molar-refractivity contribution in [3.63, 3.8) is 0 Å². The van der Waals surface area contributed by atoms with Crippen LogP contribution in [0.2, 0.25) is 0 Å². The van der Waals surface area contributed by atoms with Crippen LogP contribution in [0, 0.1) is 24.1 Å². The molecule has 0 aromatic heterocycles. The van der Waals surface area contributed by atoms with Gasteiger partial charge in [0.25, 0.3) is 0 Å². The number of rotatable bonds is 3. The molecule has 0 amide bonds. The summed E-state index contributed by atoms with van der Waals surface area (Å²) >= 11 is 0. The molecule has 0 saturated heterocycles. The van der Waals surface area contributed by atoms with Crippen molar-refractivity contribution in [2.45, 2.75) is 19.9 Å². The van der Waals surface area contributed by atoms with Crippen LogP contribution in [-0.2, 0) is 0 Å². The van der Waals surface area contributed by atoms with Crippen molar-refractivity contribution in [1.82, 2.24) is 0 Å². The highest BCUT2D eigenvalue weighted by atomic mass is 19.1. The number of hydrogen-bond acceptors (Lipinski definition) is 2. The predicted molar refractivity (Wildman–Crippen MR) is 74.3 cm³/mol. The largest absolute Gasteiger partial charge is 0.377 e. The van der Waals surface area contributed by atoms with E-state index in [2.05, 4.69) is 11.4 Å². The molecule has 0 bridgehead atoms. The first kappa shape index (κ1) is 13.1. The number of nitrogens with one attached hydrogen (secondary N) is 1. The third-order valence-corrected chi connectivity index (χ3v) is 3.02. The summed E-state index contributed by atoms with van der Waals surface area (Å²) in [7, 11) is 0. The molecule has 1 atom stereocenters. The molecule has 0 saturated carbocycles. The highest BCUT2D eigenvalue weighted by molar-refractivity contribution is 5.59. The highest BCUT2D eigenvalue weighted by Crippen LogP contribution is 2.23. The molecule has 96 valence electrons. The van der Waals surface area contributed by atoms with Gasteiger partial charge in [-0.3, -0.25) is 0 Å². The van der Waals surface area contributed by atoms with Crippen molar-refractivity contribution in [2.24, 2.45) is 0 Å². The number of benzene rings is 2. The molecule has 1 unspecified atom stereocenters. The van der Waals surface area contributed by atoms with E-state index in [0.29, 0.717) is 5.56 Å². The monoisotopic (exact) mass is 254 g/mol. The van der Waals surface area contributed by atoms with E-state index in [4.69, 9.17) is 5.26 Å². The van der Waals surface area contributed by atoms with Crippen molar-refractivity contribution in [2.75, 3.05) is 5.32 Å². The summed E-state index contributed by atoms with van der Waals surface area (Å²) in [6, 6.07) is 14.2. The minimum Gasteiger partial charge on any atom is -0.377 e. The fraction of sp³-hybridized carbons (Fsp3) is 0.188. The first-order valence-electron chi connectivity index (χ1n) is 6.13. The average Bonchev–Trinajstić information content (AvgIpc) is 2.39. The number of aryl methyl sites for hydroxylation is 1. The third kappa shape index (κ3) is 3.11. The Kier molecular flexibility index (Phi) is 3.82. The lowest BCUT2D eigenvalue weighted by molar-refractivity contribution is 0.623. The van der Waals surface area contributed by atoms with Crippen LogP contribution in [0.1, 0.15) is 29.7 Å². The number of nitrogens with zero attached hydrogens (tertiary/aromatic N) is 1. The van der Waals surface area contributed by atoms with Crippen LogP contribution in [0.4, 0.5) is 10.1 Å². The van der Waals surface area contributed by atoms with Gasteiger partial charge in [-0.1, -0.05) is 18.2 Å². The van der Waals surface area contributed by atoms with Crippen LogP contribution in [0.15, 0.2) is 42.5 Å². The number of anilines is 1. The van der Waals surface area contributed by atoms with Gasteiger partial charge in [0, 0.05) is 6.04 Å². The molecule has 0 aliphatic heterocycles. The van der Waals surface area contributed by atoms with Gasteiger partial charge in [0.15, 0.2) is 0 Å². The molecule has 0 fully saturated rings. The first-order chi connectivity index (χ1) is 9.10. The zero-order valence-corrected chi connectivity index (χ0v) is 10.9. The number of halogens is 1. The summed E-state index contributed by atoms with van der Waals surface area (Å²) in [5.74, 6) is -0.254. The molecule has 0 radical (unpaired) electrons. The molecule has 0 aliphatic carbocycles. The van der Waals surface area contributed by atoms with Crippen LogP contribution in [0.25, 0.3) is 0 Å². The molecule has 2 rings (SSSR count). The van der Waals surface area contributed by atoms with Gasteiger partial charge in [0.05, 0.1) is 11.3 Å². The quantitative estimate of drug-likeness (QED) is 0.891. The fourth-order valence-electron chi connectivity index (χ4n) is 1.97. The second-order valence-corrected chi connectivity index (χ2v) is 4.58. The van der Waals surface area contributed by atoms with E-state index in [1.807, 2.05) is 32.0 Å². The van der Waals surface area contributed by atoms with Crippen molar-refractivity contribution < 1.29 is 4.39 Å². The fourth-order valence-corrected chi connectivity index (χ4v) is 1.97. The molecule has 3 heteroatoms. The van der Waals surface area contributed by atoms with Gasteiger partial charge in [0.1, 0.15) is 11.9 Å². The minimum absolute atomic E-state index is 0.0652. The molecular weight excluding hydrogens is 239 g/mol. The predicted octanol–water partition coefficient (Wildman–Crippen LogP) is 4.18. The third-order valence-electron chi connectivity index (χ3n) is 3.02. The molecule has 2 aromatic carbocycles. The summed E-state index contributed by atoms with van der Waals surface area (Å²) in [5.41, 5.74) is 3.30. The second-order valence-electron chi connectivity index (χ2n) is 4.58. The van der Waals surface area contributed by atoms with Gasteiger partial charge in [0.2, 0.25) is 0 Å². The van der Waals surface area contributed by atoms with Gasteiger partial charge in [-0.25, -0.2) is 4.39 Å². The lowest BCUT2D eigenvalue weighted by atomic mass is 10.1. The van der Waals surface area contributed by atoms with Gasteiger partial charge >= 0.3 is 0 Å². The number of hydrogen-bond donors (Lipinski definition) is 1. The summed E-state index contributed by atoms with van der Waals surface area (Å²) in [4.78, 5) is 0. The van der Waals surface area contributed by atoms with Gasteiger partial charge in [-0.2, -0.15) is 5.26 Å². The van der Waals surface area contributed by atoms with E-state index >= 15 is 0 Å². The van der Waals surface area contributed by atoms with Crippen LogP contribution in [0.3, 0.4) is 0 Å². The topological polar surface area (TPSA) is 35.8 Å². The Balaban J connectivity index is 2.26. The van der Waals surface area contributed by atoms with Gasteiger partial charge in [-0.05, 0) is 49.2 Å². The maximum atomic E-state index is 13.2. The Hall–Kier alpha value is -2.34. The molecule has 19 heavy (non-hydrogen) atoms. The van der Waals surface area contributed by atoms with Crippen molar-refractivity contribution in [3.8, 4) is 6.07 Å². The Bertz CT molecular complexity index is 629. The molecule has 0 spiro atoms. The van der Waals surface area contributed by atoms with Crippen LogP contribution < -0.4 is 5.32 Å². The van der Waals surface area contributed by atoms with Crippen molar-refractivity contribution >= 4 is 5.69 Å². The number of nitriles is 1.